The molecule has 2 aromatic rings. The normalized spacial score (nSPS) is 11.5. The predicted octanol–water partition coefficient (Wildman–Crippen LogP) is 4.63. The number of hydrogen-bond donors (Lipinski definition) is 3. The van der Waals surface area contributed by atoms with Gasteiger partial charge < -0.3 is 10.6 Å². The van der Waals surface area contributed by atoms with Crippen LogP contribution in [-0.2, 0) is 16.6 Å². The van der Waals surface area contributed by atoms with Gasteiger partial charge in [0.1, 0.15) is 0 Å². The maximum Gasteiger partial charge on any atom is 0.319 e. The second-order valence-corrected chi connectivity index (χ2v) is 9.25. The van der Waals surface area contributed by atoms with Crippen molar-refractivity contribution in [1.29, 1.82) is 0 Å². The van der Waals surface area contributed by atoms with E-state index in [4.69, 9.17) is 0 Å². The Bertz CT molecular complexity index is 911. The number of carbonyl (C=O) groups excluding carboxylic acids is 1. The van der Waals surface area contributed by atoms with Crippen LogP contribution in [0.25, 0.3) is 0 Å². The van der Waals surface area contributed by atoms with E-state index in [-0.39, 0.29) is 24.4 Å². The molecule has 0 radical (unpaired) electrons. The van der Waals surface area contributed by atoms with Crippen molar-refractivity contribution in [2.45, 2.75) is 46.1 Å². The van der Waals surface area contributed by atoms with E-state index in [0.29, 0.717) is 5.69 Å². The Morgan fingerprint density at radius 2 is 1.54 bits per heavy atom. The summed E-state index contributed by atoms with van der Waals surface area (Å²) in [6.45, 7) is 8.68. The van der Waals surface area contributed by atoms with Gasteiger partial charge in [0.25, 0.3) is 0 Å². The molecular formula is C21H29N3O3S. The van der Waals surface area contributed by atoms with E-state index in [9.17, 15) is 13.2 Å². The van der Waals surface area contributed by atoms with E-state index in [1.54, 1.807) is 18.2 Å². The largest absolute Gasteiger partial charge is 0.334 e. The van der Waals surface area contributed by atoms with Crippen LogP contribution in [0.3, 0.4) is 0 Å². The molecule has 0 fully saturated rings. The Morgan fingerprint density at radius 3 is 2.07 bits per heavy atom. The second-order valence-electron chi connectivity index (χ2n) is 7.50. The number of rotatable bonds is 7. The fourth-order valence-corrected chi connectivity index (χ4v) is 3.55. The van der Waals surface area contributed by atoms with Gasteiger partial charge >= 0.3 is 6.03 Å². The SMILES string of the molecule is CC(C)c1cccc(C(C)C)c1NC(=O)NCc1cccc(NS(C)(=O)=O)c1. The van der Waals surface area contributed by atoms with Gasteiger partial charge in [-0.25, -0.2) is 13.2 Å². The molecule has 0 aliphatic rings. The molecule has 0 saturated carbocycles. The highest BCUT2D eigenvalue weighted by atomic mass is 32.2. The Balaban J connectivity index is 2.11. The Hall–Kier alpha value is -2.54. The summed E-state index contributed by atoms with van der Waals surface area (Å²) in [5, 5.41) is 5.85. The summed E-state index contributed by atoms with van der Waals surface area (Å²) in [5.74, 6) is 0.570. The van der Waals surface area contributed by atoms with Gasteiger partial charge in [-0.05, 0) is 40.7 Å². The third kappa shape index (κ3) is 6.27. The molecule has 3 N–H and O–H groups in total. The van der Waals surface area contributed by atoms with Gasteiger partial charge in [-0.3, -0.25) is 4.72 Å². The van der Waals surface area contributed by atoms with Crippen LogP contribution in [0.4, 0.5) is 16.2 Å². The van der Waals surface area contributed by atoms with Gasteiger partial charge in [0.15, 0.2) is 0 Å². The summed E-state index contributed by atoms with van der Waals surface area (Å²) >= 11 is 0. The first-order valence-corrected chi connectivity index (χ1v) is 11.2. The quantitative estimate of drug-likeness (QED) is 0.630. The summed E-state index contributed by atoms with van der Waals surface area (Å²) in [6, 6.07) is 12.7. The summed E-state index contributed by atoms with van der Waals surface area (Å²) in [7, 11) is -3.34. The summed E-state index contributed by atoms with van der Waals surface area (Å²) in [4.78, 5) is 12.5. The molecule has 6 nitrogen and oxygen atoms in total. The average molecular weight is 404 g/mol. The van der Waals surface area contributed by atoms with Gasteiger partial charge in [0, 0.05) is 17.9 Å². The van der Waals surface area contributed by atoms with Gasteiger partial charge in [0.05, 0.1) is 6.26 Å². The minimum atomic E-state index is -3.34. The van der Waals surface area contributed by atoms with Crippen molar-refractivity contribution < 1.29 is 13.2 Å². The van der Waals surface area contributed by atoms with Gasteiger partial charge in [-0.2, -0.15) is 0 Å². The molecule has 0 aromatic heterocycles. The lowest BCUT2D eigenvalue weighted by Gasteiger charge is -2.20. The highest BCUT2D eigenvalue weighted by Crippen LogP contribution is 2.32. The first kappa shape index (κ1) is 21.8. The van der Waals surface area contributed by atoms with Crippen LogP contribution in [0.5, 0.6) is 0 Å². The molecule has 0 aliphatic carbocycles. The Kier molecular flexibility index (Phi) is 7.07. The van der Waals surface area contributed by atoms with Crippen LogP contribution in [0.2, 0.25) is 0 Å². The standard InChI is InChI=1S/C21H29N3O3S/c1-14(2)18-10-7-11-19(15(3)4)20(18)23-21(25)22-13-16-8-6-9-17(12-16)24-28(5,26)27/h6-12,14-15,24H,13H2,1-5H3,(H2,22,23,25). The minimum Gasteiger partial charge on any atom is -0.334 e. The Labute approximate surface area is 167 Å². The topological polar surface area (TPSA) is 87.3 Å². The zero-order valence-corrected chi connectivity index (χ0v) is 17.9. The number of para-hydroxylation sites is 1. The smallest absolute Gasteiger partial charge is 0.319 e. The molecule has 0 heterocycles. The van der Waals surface area contributed by atoms with Crippen molar-refractivity contribution in [3.05, 3.63) is 59.2 Å². The molecular weight excluding hydrogens is 374 g/mol. The van der Waals surface area contributed by atoms with E-state index < -0.39 is 10.0 Å². The van der Waals surface area contributed by atoms with Crippen LogP contribution in [0.15, 0.2) is 42.5 Å². The van der Waals surface area contributed by atoms with Crippen LogP contribution < -0.4 is 15.4 Å². The molecule has 7 heteroatoms. The fourth-order valence-electron chi connectivity index (χ4n) is 2.99. The number of sulfonamides is 1. The number of hydrogen-bond acceptors (Lipinski definition) is 3. The summed E-state index contributed by atoms with van der Waals surface area (Å²) in [5.41, 5.74) is 4.32. The first-order valence-electron chi connectivity index (χ1n) is 9.31. The lowest BCUT2D eigenvalue weighted by Crippen LogP contribution is -2.29. The van der Waals surface area contributed by atoms with Crippen molar-refractivity contribution in [1.82, 2.24) is 5.32 Å². The highest BCUT2D eigenvalue weighted by molar-refractivity contribution is 7.92. The molecule has 0 atom stereocenters. The zero-order chi connectivity index (χ0) is 20.9. The number of carbonyl (C=O) groups is 1. The van der Waals surface area contributed by atoms with Crippen molar-refractivity contribution in [3.63, 3.8) is 0 Å². The van der Waals surface area contributed by atoms with Crippen molar-refractivity contribution >= 4 is 27.4 Å². The maximum absolute atomic E-state index is 12.5. The van der Waals surface area contributed by atoms with Gasteiger partial charge in [-0.15, -0.1) is 0 Å². The van der Waals surface area contributed by atoms with Crippen molar-refractivity contribution in [2.24, 2.45) is 0 Å². The van der Waals surface area contributed by atoms with Gasteiger partial charge in [-0.1, -0.05) is 58.0 Å². The van der Waals surface area contributed by atoms with E-state index in [1.165, 1.54) is 0 Å². The molecule has 2 amide bonds. The predicted molar refractivity (Wildman–Crippen MR) is 115 cm³/mol. The van der Waals surface area contributed by atoms with Gasteiger partial charge in [0.2, 0.25) is 10.0 Å². The lowest BCUT2D eigenvalue weighted by atomic mass is 9.93. The van der Waals surface area contributed by atoms with E-state index in [2.05, 4.69) is 43.1 Å². The molecule has 0 bridgehead atoms. The lowest BCUT2D eigenvalue weighted by molar-refractivity contribution is 0.251. The molecule has 0 saturated heterocycles. The number of nitrogens with one attached hydrogen (secondary N) is 3. The van der Waals surface area contributed by atoms with Crippen molar-refractivity contribution in [3.8, 4) is 0 Å². The third-order valence-electron chi connectivity index (χ3n) is 4.29. The monoisotopic (exact) mass is 403 g/mol. The maximum atomic E-state index is 12.5. The first-order chi connectivity index (χ1) is 13.1. The molecule has 28 heavy (non-hydrogen) atoms. The molecule has 2 aromatic carbocycles. The fraction of sp³-hybridized carbons (Fsp3) is 0.381. The molecule has 0 aliphatic heterocycles. The Morgan fingerprint density at radius 1 is 0.964 bits per heavy atom. The average Bonchev–Trinajstić information content (AvgIpc) is 2.58. The van der Waals surface area contributed by atoms with Crippen LogP contribution >= 0.6 is 0 Å². The van der Waals surface area contributed by atoms with Crippen LogP contribution in [-0.4, -0.2) is 20.7 Å². The highest BCUT2D eigenvalue weighted by Gasteiger charge is 2.15. The minimum absolute atomic E-state index is 0.284. The van der Waals surface area contributed by atoms with Crippen LogP contribution in [0, 0.1) is 0 Å². The molecule has 0 unspecified atom stereocenters. The van der Waals surface area contributed by atoms with E-state index >= 15 is 0 Å². The summed E-state index contributed by atoms with van der Waals surface area (Å²) < 4.78 is 25.2. The summed E-state index contributed by atoms with van der Waals surface area (Å²) in [6.07, 6.45) is 1.10. The van der Waals surface area contributed by atoms with E-state index in [1.807, 2.05) is 24.3 Å². The van der Waals surface area contributed by atoms with Crippen molar-refractivity contribution in [2.75, 3.05) is 16.3 Å². The number of benzene rings is 2. The second kappa shape index (κ2) is 9.10. The third-order valence-corrected chi connectivity index (χ3v) is 4.90. The van der Waals surface area contributed by atoms with E-state index in [0.717, 1.165) is 28.6 Å². The molecule has 152 valence electrons. The number of amides is 2. The molecule has 0 spiro atoms. The number of anilines is 2. The zero-order valence-electron chi connectivity index (χ0n) is 17.0. The van der Waals surface area contributed by atoms with Crippen LogP contribution in [0.1, 0.15) is 56.2 Å². The molecule has 2 rings (SSSR count). The number of urea groups is 1.